The van der Waals surface area contributed by atoms with E-state index in [1.165, 1.54) is 59.7 Å². The average molecular weight is 724 g/mol. The van der Waals surface area contributed by atoms with Gasteiger partial charge in [0, 0.05) is 54.9 Å². The van der Waals surface area contributed by atoms with Crippen molar-refractivity contribution in [2.24, 2.45) is 4.99 Å². The van der Waals surface area contributed by atoms with Gasteiger partial charge in [0.2, 0.25) is 0 Å². The molecule has 0 saturated heterocycles. The first-order valence-corrected chi connectivity index (χ1v) is 19.5. The van der Waals surface area contributed by atoms with Crippen LogP contribution in [0.25, 0.3) is 93.4 Å². The smallest absolute Gasteiger partial charge is 0.146 e. The summed E-state index contributed by atoms with van der Waals surface area (Å²) in [5.74, 6) is 0.818. The molecule has 3 heterocycles. The molecular weight excluding hydrogens is 691 g/mol. The molecule has 1 aliphatic heterocycles. The van der Waals surface area contributed by atoms with Gasteiger partial charge in [-0.1, -0.05) is 146 Å². The molecule has 0 unspecified atom stereocenters. The monoisotopic (exact) mass is 723 g/mol. The van der Waals surface area contributed by atoms with Crippen molar-refractivity contribution in [3.05, 3.63) is 216 Å². The molecule has 2 aromatic heterocycles. The van der Waals surface area contributed by atoms with E-state index >= 15 is 0 Å². The molecule has 0 fully saturated rings. The van der Waals surface area contributed by atoms with Crippen LogP contribution in [-0.4, -0.2) is 15.0 Å². The number of allylic oxidation sites excluding steroid dienone is 1. The van der Waals surface area contributed by atoms with E-state index < -0.39 is 0 Å². The molecule has 0 saturated carbocycles. The van der Waals surface area contributed by atoms with Crippen molar-refractivity contribution < 1.29 is 0 Å². The molecular formula is C54H33N3. The Balaban J connectivity index is 1.26. The van der Waals surface area contributed by atoms with E-state index in [-0.39, 0.29) is 0 Å². The molecule has 0 spiro atoms. The fourth-order valence-corrected chi connectivity index (χ4v) is 9.22. The highest BCUT2D eigenvalue weighted by molar-refractivity contribution is 6.30. The molecule has 264 valence electrons. The van der Waals surface area contributed by atoms with Crippen molar-refractivity contribution in [1.82, 2.24) is 9.13 Å². The second-order valence-electron chi connectivity index (χ2n) is 14.8. The highest BCUT2D eigenvalue weighted by Gasteiger charge is 2.24. The van der Waals surface area contributed by atoms with Gasteiger partial charge in [0.15, 0.2) is 0 Å². The van der Waals surface area contributed by atoms with Gasteiger partial charge in [-0.05, 0) is 75.6 Å². The number of aliphatic imine (C=N–C) groups is 1. The van der Waals surface area contributed by atoms with Crippen molar-refractivity contribution in [2.45, 2.75) is 0 Å². The zero-order valence-electron chi connectivity index (χ0n) is 30.9. The van der Waals surface area contributed by atoms with Gasteiger partial charge in [0.1, 0.15) is 5.84 Å². The fourth-order valence-electron chi connectivity index (χ4n) is 9.22. The third-order valence-corrected chi connectivity index (χ3v) is 11.7. The van der Waals surface area contributed by atoms with Gasteiger partial charge in [0.05, 0.1) is 27.8 Å². The van der Waals surface area contributed by atoms with E-state index in [1.54, 1.807) is 0 Å². The lowest BCUT2D eigenvalue weighted by Gasteiger charge is -2.15. The van der Waals surface area contributed by atoms with Gasteiger partial charge in [-0.3, -0.25) is 4.57 Å². The molecule has 0 aliphatic carbocycles. The number of hydrogen-bond acceptors (Lipinski definition) is 1. The van der Waals surface area contributed by atoms with E-state index in [2.05, 4.69) is 215 Å². The molecule has 0 bridgehead atoms. The number of nitrogens with zero attached hydrogens (tertiary/aromatic N) is 3. The Morgan fingerprint density at radius 1 is 0.421 bits per heavy atom. The van der Waals surface area contributed by atoms with E-state index in [0.29, 0.717) is 0 Å². The summed E-state index contributed by atoms with van der Waals surface area (Å²) in [7, 11) is 0. The Labute approximate surface area is 328 Å². The predicted molar refractivity (Wildman–Crippen MR) is 240 cm³/mol. The second-order valence-corrected chi connectivity index (χ2v) is 14.8. The van der Waals surface area contributed by atoms with Gasteiger partial charge in [-0.15, -0.1) is 5.73 Å². The Morgan fingerprint density at radius 2 is 1.09 bits per heavy atom. The number of para-hydroxylation sites is 2. The number of fused-ring (bicyclic) bond motifs is 10. The summed E-state index contributed by atoms with van der Waals surface area (Å²) in [6.07, 6.45) is 2.08. The summed E-state index contributed by atoms with van der Waals surface area (Å²) in [5, 5.41) is 11.8. The second kappa shape index (κ2) is 12.4. The van der Waals surface area contributed by atoms with Crippen molar-refractivity contribution in [3.8, 4) is 16.8 Å². The SMILES string of the molecule is C1=CC(n2c3ccc4ccccc4c3c3cc4ccccc4c(-c4ccc5c(c4)c4ccccc4n5-c4ccccc4)c32)=NC(c2ccccc2)=c2ccccc2=1. The predicted octanol–water partition coefficient (Wildman–Crippen LogP) is 11.9. The normalized spacial score (nSPS) is 12.8. The summed E-state index contributed by atoms with van der Waals surface area (Å²) >= 11 is 0. The van der Waals surface area contributed by atoms with E-state index in [4.69, 9.17) is 4.99 Å². The lowest BCUT2D eigenvalue weighted by molar-refractivity contribution is 1.18. The number of hydrogen-bond donors (Lipinski definition) is 0. The van der Waals surface area contributed by atoms with Crippen LogP contribution in [0, 0.1) is 0 Å². The van der Waals surface area contributed by atoms with E-state index in [9.17, 15) is 0 Å². The van der Waals surface area contributed by atoms with Gasteiger partial charge in [-0.25, -0.2) is 4.99 Å². The molecule has 0 radical (unpaired) electrons. The fraction of sp³-hybridized carbons (Fsp3) is 0. The van der Waals surface area contributed by atoms with Crippen molar-refractivity contribution in [1.29, 1.82) is 0 Å². The first-order valence-electron chi connectivity index (χ1n) is 19.5. The summed E-state index contributed by atoms with van der Waals surface area (Å²) in [4.78, 5) is 5.63. The molecule has 3 heteroatoms. The quantitative estimate of drug-likeness (QED) is 0.173. The molecule has 9 aromatic carbocycles. The number of rotatable bonds is 3. The van der Waals surface area contributed by atoms with Crippen LogP contribution in [0.5, 0.6) is 0 Å². The first kappa shape index (κ1) is 31.6. The Bertz CT molecular complexity index is 3650. The van der Waals surface area contributed by atoms with Gasteiger partial charge < -0.3 is 4.57 Å². The lowest BCUT2D eigenvalue weighted by atomic mass is 9.93. The maximum atomic E-state index is 5.63. The van der Waals surface area contributed by atoms with Crippen LogP contribution in [0.1, 0.15) is 5.56 Å². The Morgan fingerprint density at radius 3 is 1.95 bits per heavy atom. The summed E-state index contributed by atoms with van der Waals surface area (Å²) in [6.45, 7) is 0. The maximum absolute atomic E-state index is 5.63. The van der Waals surface area contributed by atoms with Gasteiger partial charge in [-0.2, -0.15) is 0 Å². The largest absolute Gasteiger partial charge is 0.309 e. The molecule has 11 aromatic rings. The van der Waals surface area contributed by atoms with Gasteiger partial charge >= 0.3 is 0 Å². The molecule has 3 nitrogen and oxygen atoms in total. The van der Waals surface area contributed by atoms with Gasteiger partial charge in [0.25, 0.3) is 0 Å². The highest BCUT2D eigenvalue weighted by atomic mass is 15.1. The van der Waals surface area contributed by atoms with Crippen molar-refractivity contribution in [2.75, 3.05) is 0 Å². The maximum Gasteiger partial charge on any atom is 0.146 e. The molecule has 0 amide bonds. The topological polar surface area (TPSA) is 22.2 Å². The van der Waals surface area contributed by atoms with Crippen molar-refractivity contribution in [3.63, 3.8) is 0 Å². The van der Waals surface area contributed by atoms with Crippen LogP contribution in [0.4, 0.5) is 0 Å². The minimum absolute atomic E-state index is 0.818. The van der Waals surface area contributed by atoms with Crippen molar-refractivity contribution >= 4 is 82.4 Å². The van der Waals surface area contributed by atoms with Crippen LogP contribution in [0.2, 0.25) is 0 Å². The zero-order valence-corrected chi connectivity index (χ0v) is 30.9. The lowest BCUT2D eigenvalue weighted by Crippen LogP contribution is -2.25. The minimum atomic E-state index is 0.818. The number of aromatic nitrogens is 2. The van der Waals surface area contributed by atoms with Crippen LogP contribution >= 0.6 is 0 Å². The zero-order chi connectivity index (χ0) is 37.5. The molecule has 57 heavy (non-hydrogen) atoms. The Kier molecular flexibility index (Phi) is 6.88. The molecule has 0 atom stereocenters. The first-order chi connectivity index (χ1) is 28.3. The average Bonchev–Trinajstić information content (AvgIpc) is 3.71. The summed E-state index contributed by atoms with van der Waals surface area (Å²) in [5.41, 5.74) is 13.8. The standard InChI is InChI=1S/C54H33N3/c1-3-17-37(18-4-1)53-43-24-12-8-16-36(43)29-32-50(55-53)57-49-31-27-35-15-7-10-22-41(35)52(49)46-33-38-19-9-11-23-42(38)51(54(46)57)39-28-30-48-45(34-39)44-25-13-14-26-47(44)56(48)40-20-5-2-6-21-40/h1-28,30-34H. The molecule has 0 N–H and O–H groups in total. The third-order valence-electron chi connectivity index (χ3n) is 11.7. The van der Waals surface area contributed by atoms with E-state index in [1.807, 2.05) is 0 Å². The van der Waals surface area contributed by atoms with Crippen LogP contribution in [0.3, 0.4) is 0 Å². The van der Waals surface area contributed by atoms with Crippen LogP contribution in [0.15, 0.2) is 205 Å². The minimum Gasteiger partial charge on any atom is -0.309 e. The highest BCUT2D eigenvalue weighted by Crippen LogP contribution is 2.45. The molecule has 12 rings (SSSR count). The summed E-state index contributed by atoms with van der Waals surface area (Å²) < 4.78 is 4.79. The van der Waals surface area contributed by atoms with Crippen LogP contribution in [-0.2, 0) is 0 Å². The summed E-state index contributed by atoms with van der Waals surface area (Å²) in [6, 6.07) is 70.0. The van der Waals surface area contributed by atoms with Crippen LogP contribution < -0.4 is 10.4 Å². The third kappa shape index (κ3) is 4.77. The Hall–Kier alpha value is -7.71. The molecule has 1 aliphatic rings. The number of benzene rings is 9. The van der Waals surface area contributed by atoms with E-state index in [0.717, 1.165) is 49.8 Å².